The number of hydrogen-bond donors (Lipinski definition) is 6. The van der Waals surface area contributed by atoms with Crippen molar-refractivity contribution in [3.63, 3.8) is 0 Å². The minimum Gasteiger partial charge on any atom is -0.394 e. The molecular formula is C60H105NO8. The number of unbranched alkanes of at least 4 members (excludes halogenated alkanes) is 23. The molecule has 0 aromatic carbocycles. The molecule has 398 valence electrons. The van der Waals surface area contributed by atoms with Gasteiger partial charge in [0.2, 0.25) is 5.91 Å². The summed E-state index contributed by atoms with van der Waals surface area (Å²) < 4.78 is 11.2. The number of rotatable bonds is 47. The molecule has 0 aromatic heterocycles. The highest BCUT2D eigenvalue weighted by Gasteiger charge is 2.44. The van der Waals surface area contributed by atoms with Gasteiger partial charge in [-0.05, 0) is 70.6 Å². The molecule has 9 nitrogen and oxygen atoms in total. The molecule has 1 amide bonds. The zero-order valence-corrected chi connectivity index (χ0v) is 44.0. The van der Waals surface area contributed by atoms with Crippen molar-refractivity contribution in [2.75, 3.05) is 13.2 Å². The Hall–Kier alpha value is -2.63. The van der Waals surface area contributed by atoms with Crippen molar-refractivity contribution >= 4 is 5.91 Å². The summed E-state index contributed by atoms with van der Waals surface area (Å²) in [5.41, 5.74) is 0. The average Bonchev–Trinajstić information content (AvgIpc) is 3.35. The lowest BCUT2D eigenvalue weighted by atomic mass is 9.99. The zero-order chi connectivity index (χ0) is 50.1. The van der Waals surface area contributed by atoms with Crippen LogP contribution in [-0.4, -0.2) is 87.5 Å². The smallest absolute Gasteiger partial charge is 0.220 e. The first-order chi connectivity index (χ1) is 33.8. The Kier molecular flexibility index (Phi) is 45.7. The molecule has 1 aliphatic rings. The highest BCUT2D eigenvalue weighted by molar-refractivity contribution is 5.76. The standard InChI is InChI=1S/C60H105NO8/c1-3-5-7-9-10-11-12-13-14-15-16-17-18-19-20-21-22-23-24-25-26-27-28-29-30-31-32-33-34-35-36-37-38-39-40-41-42-43-44-46-48-50-56(64)61-53(54(63)49-47-45-8-6-4-2)52-68-60-59(67)58(66)57(65)55(51-62)69-60/h5,7,10-11,13-14,16-17,19-20,22-23,25-26,53-55,57-60,62-63,65-67H,3-4,6,8-9,12,15,18,21,24,27-52H2,1-2H3,(H,61,64)/b7-5-,11-10-,14-13-,17-16-,20-19-,23-22-,26-25-. The first-order valence-corrected chi connectivity index (χ1v) is 28.3. The van der Waals surface area contributed by atoms with Crippen molar-refractivity contribution in [3.8, 4) is 0 Å². The van der Waals surface area contributed by atoms with Crippen molar-refractivity contribution in [2.45, 2.75) is 275 Å². The number of nitrogens with one attached hydrogen (secondary N) is 1. The van der Waals surface area contributed by atoms with Crippen molar-refractivity contribution in [1.29, 1.82) is 0 Å². The van der Waals surface area contributed by atoms with E-state index in [-0.39, 0.29) is 12.5 Å². The van der Waals surface area contributed by atoms with Crippen LogP contribution in [0, 0.1) is 0 Å². The van der Waals surface area contributed by atoms with Crippen molar-refractivity contribution in [1.82, 2.24) is 5.32 Å². The summed E-state index contributed by atoms with van der Waals surface area (Å²) in [7, 11) is 0. The predicted molar refractivity (Wildman–Crippen MR) is 290 cm³/mol. The third kappa shape index (κ3) is 38.7. The first-order valence-electron chi connectivity index (χ1n) is 28.3. The number of amides is 1. The van der Waals surface area contributed by atoms with Gasteiger partial charge < -0.3 is 40.3 Å². The van der Waals surface area contributed by atoms with Crippen LogP contribution < -0.4 is 5.32 Å². The van der Waals surface area contributed by atoms with Crippen molar-refractivity contribution in [3.05, 3.63) is 85.1 Å². The van der Waals surface area contributed by atoms with E-state index >= 15 is 0 Å². The molecule has 0 saturated carbocycles. The molecule has 1 fully saturated rings. The fourth-order valence-corrected chi connectivity index (χ4v) is 8.55. The molecule has 1 rings (SSSR count). The van der Waals surface area contributed by atoms with Crippen molar-refractivity contribution < 1.29 is 39.8 Å². The van der Waals surface area contributed by atoms with Gasteiger partial charge in [0.25, 0.3) is 0 Å². The summed E-state index contributed by atoms with van der Waals surface area (Å²) in [4.78, 5) is 12.9. The molecule has 0 bridgehead atoms. The van der Waals surface area contributed by atoms with Crippen molar-refractivity contribution in [2.24, 2.45) is 0 Å². The number of carbonyl (C=O) groups is 1. The third-order valence-electron chi connectivity index (χ3n) is 13.0. The molecular weight excluding hydrogens is 863 g/mol. The lowest BCUT2D eigenvalue weighted by Crippen LogP contribution is -2.60. The van der Waals surface area contributed by atoms with Crippen LogP contribution >= 0.6 is 0 Å². The van der Waals surface area contributed by atoms with E-state index in [9.17, 15) is 30.3 Å². The van der Waals surface area contributed by atoms with Crippen LogP contribution in [0.15, 0.2) is 85.1 Å². The van der Waals surface area contributed by atoms with E-state index in [1.807, 2.05) is 0 Å². The summed E-state index contributed by atoms with van der Waals surface area (Å²) in [6.45, 7) is 3.62. The minimum atomic E-state index is -1.55. The number of aliphatic hydroxyl groups excluding tert-OH is 5. The monoisotopic (exact) mass is 968 g/mol. The molecule has 1 aliphatic heterocycles. The quantitative estimate of drug-likeness (QED) is 0.0261. The maximum absolute atomic E-state index is 12.9. The molecule has 0 aliphatic carbocycles. The maximum atomic E-state index is 12.9. The number of carbonyl (C=O) groups excluding carboxylic acids is 1. The Bertz CT molecular complexity index is 1350. The largest absolute Gasteiger partial charge is 0.394 e. The Morgan fingerprint density at radius 3 is 1.33 bits per heavy atom. The molecule has 0 aromatic rings. The van der Waals surface area contributed by atoms with E-state index < -0.39 is 49.5 Å². The van der Waals surface area contributed by atoms with Gasteiger partial charge in [0.1, 0.15) is 24.4 Å². The van der Waals surface area contributed by atoms with Gasteiger partial charge in [-0.1, -0.05) is 240 Å². The topological polar surface area (TPSA) is 149 Å². The van der Waals surface area contributed by atoms with E-state index in [2.05, 4.69) is 104 Å². The molecule has 9 heteroatoms. The molecule has 0 spiro atoms. The second kappa shape index (κ2) is 49.0. The van der Waals surface area contributed by atoms with E-state index in [1.54, 1.807) is 0 Å². The lowest BCUT2D eigenvalue weighted by Gasteiger charge is -2.40. The van der Waals surface area contributed by atoms with Gasteiger partial charge in [-0.15, -0.1) is 0 Å². The predicted octanol–water partition coefficient (Wildman–Crippen LogP) is 13.8. The highest BCUT2D eigenvalue weighted by atomic mass is 16.7. The lowest BCUT2D eigenvalue weighted by molar-refractivity contribution is -0.302. The Morgan fingerprint density at radius 1 is 0.507 bits per heavy atom. The average molecular weight is 968 g/mol. The molecule has 1 saturated heterocycles. The molecule has 0 radical (unpaired) electrons. The number of aliphatic hydroxyl groups is 5. The van der Waals surface area contributed by atoms with E-state index in [0.29, 0.717) is 12.8 Å². The van der Waals surface area contributed by atoms with Gasteiger partial charge >= 0.3 is 0 Å². The van der Waals surface area contributed by atoms with Gasteiger partial charge in [0.05, 0.1) is 25.4 Å². The fourth-order valence-electron chi connectivity index (χ4n) is 8.55. The number of hydrogen-bond acceptors (Lipinski definition) is 8. The summed E-state index contributed by atoms with van der Waals surface area (Å²) in [6.07, 6.45) is 62.7. The third-order valence-corrected chi connectivity index (χ3v) is 13.0. The van der Waals surface area contributed by atoms with Gasteiger partial charge in [0.15, 0.2) is 6.29 Å². The van der Waals surface area contributed by atoms with Crippen LogP contribution in [0.4, 0.5) is 0 Å². The SMILES string of the molecule is CC/C=C\C/C=C\C/C=C\C/C=C\C/C=C\C/C=C\C/C=C\CCCCCCCCCCCCCCCCCCCCCC(=O)NC(COC1OC(CO)C(O)C(O)C1O)C(O)CCCCCCC. The van der Waals surface area contributed by atoms with Gasteiger partial charge in [-0.2, -0.15) is 0 Å². The normalized spacial score (nSPS) is 20.1. The van der Waals surface area contributed by atoms with Crippen LogP contribution in [0.25, 0.3) is 0 Å². The summed E-state index contributed by atoms with van der Waals surface area (Å²) in [6, 6.07) is -0.716. The van der Waals surface area contributed by atoms with Gasteiger partial charge in [-0.3, -0.25) is 4.79 Å². The number of allylic oxidation sites excluding steroid dienone is 14. The van der Waals surface area contributed by atoms with Crippen LogP contribution in [-0.2, 0) is 14.3 Å². The van der Waals surface area contributed by atoms with Crippen LogP contribution in [0.5, 0.6) is 0 Å². The van der Waals surface area contributed by atoms with E-state index in [4.69, 9.17) is 9.47 Å². The Labute approximate surface area is 422 Å². The summed E-state index contributed by atoms with van der Waals surface area (Å²) in [5, 5.41) is 54.0. The highest BCUT2D eigenvalue weighted by Crippen LogP contribution is 2.23. The van der Waals surface area contributed by atoms with Crippen LogP contribution in [0.3, 0.4) is 0 Å². The number of ether oxygens (including phenoxy) is 2. The Morgan fingerprint density at radius 2 is 0.899 bits per heavy atom. The zero-order valence-electron chi connectivity index (χ0n) is 44.0. The van der Waals surface area contributed by atoms with Crippen LogP contribution in [0.2, 0.25) is 0 Å². The Balaban J connectivity index is 1.96. The first kappa shape index (κ1) is 64.4. The maximum Gasteiger partial charge on any atom is 0.220 e. The van der Waals surface area contributed by atoms with Gasteiger partial charge in [-0.25, -0.2) is 0 Å². The molecule has 7 atom stereocenters. The van der Waals surface area contributed by atoms with Crippen LogP contribution in [0.1, 0.15) is 232 Å². The molecule has 1 heterocycles. The van der Waals surface area contributed by atoms with E-state index in [0.717, 1.165) is 96.3 Å². The summed E-state index contributed by atoms with van der Waals surface area (Å²) >= 11 is 0. The summed E-state index contributed by atoms with van der Waals surface area (Å²) in [5.74, 6) is -0.152. The molecule has 69 heavy (non-hydrogen) atoms. The second-order valence-corrected chi connectivity index (χ2v) is 19.4. The minimum absolute atomic E-state index is 0.141. The molecule has 6 N–H and O–H groups in total. The van der Waals surface area contributed by atoms with Gasteiger partial charge in [0, 0.05) is 6.42 Å². The second-order valence-electron chi connectivity index (χ2n) is 19.4. The fraction of sp³-hybridized carbons (Fsp3) is 0.750. The van der Waals surface area contributed by atoms with E-state index in [1.165, 1.54) is 109 Å². The molecule has 7 unspecified atom stereocenters.